The van der Waals surface area contributed by atoms with E-state index < -0.39 is 0 Å². The Hall–Kier alpha value is -1.79. The summed E-state index contributed by atoms with van der Waals surface area (Å²) in [4.78, 5) is 25.1. The van der Waals surface area contributed by atoms with Crippen LogP contribution in [0.4, 0.5) is 4.79 Å². The van der Waals surface area contributed by atoms with Crippen molar-refractivity contribution in [2.75, 3.05) is 32.8 Å². The Balaban J connectivity index is 1.82. The molecular weight excluding hydrogens is 320 g/mol. The molecule has 1 saturated heterocycles. The molecule has 6 nitrogen and oxygen atoms in total. The first-order chi connectivity index (χ1) is 11.1. The van der Waals surface area contributed by atoms with Crippen molar-refractivity contribution < 1.29 is 19.1 Å². The van der Waals surface area contributed by atoms with E-state index >= 15 is 0 Å². The van der Waals surface area contributed by atoms with Crippen LogP contribution in [-0.2, 0) is 14.3 Å². The SMILES string of the molecule is CCOC(=O)CCNC(=O)N1CCO[C@H](c2ccc(Cl)cc2)C1. The molecule has 1 aromatic carbocycles. The molecule has 1 aliphatic rings. The van der Waals surface area contributed by atoms with Crippen LogP contribution >= 0.6 is 11.6 Å². The zero-order chi connectivity index (χ0) is 16.7. The number of urea groups is 1. The van der Waals surface area contributed by atoms with Crippen LogP contribution in [0, 0.1) is 0 Å². The van der Waals surface area contributed by atoms with Crippen molar-refractivity contribution in [3.05, 3.63) is 34.9 Å². The fourth-order valence-corrected chi connectivity index (χ4v) is 2.46. The van der Waals surface area contributed by atoms with Gasteiger partial charge in [-0.15, -0.1) is 0 Å². The predicted molar refractivity (Wildman–Crippen MR) is 86.4 cm³/mol. The molecule has 0 aliphatic carbocycles. The summed E-state index contributed by atoms with van der Waals surface area (Å²) in [6.07, 6.45) is 0.00156. The van der Waals surface area contributed by atoms with E-state index in [1.54, 1.807) is 24.0 Å². The van der Waals surface area contributed by atoms with E-state index in [9.17, 15) is 9.59 Å². The predicted octanol–water partition coefficient (Wildman–Crippen LogP) is 2.38. The Morgan fingerprint density at radius 3 is 2.83 bits per heavy atom. The van der Waals surface area contributed by atoms with E-state index in [1.807, 2.05) is 12.1 Å². The number of hydrogen-bond acceptors (Lipinski definition) is 4. The molecule has 0 unspecified atom stereocenters. The molecule has 0 bridgehead atoms. The first-order valence-electron chi connectivity index (χ1n) is 7.65. The number of benzene rings is 1. The summed E-state index contributed by atoms with van der Waals surface area (Å²) >= 11 is 5.88. The molecule has 23 heavy (non-hydrogen) atoms. The van der Waals surface area contributed by atoms with E-state index in [-0.39, 0.29) is 31.1 Å². The average molecular weight is 341 g/mol. The van der Waals surface area contributed by atoms with Crippen molar-refractivity contribution in [3.8, 4) is 0 Å². The van der Waals surface area contributed by atoms with Gasteiger partial charge >= 0.3 is 12.0 Å². The van der Waals surface area contributed by atoms with Gasteiger partial charge in [0.05, 0.1) is 26.2 Å². The number of ether oxygens (including phenoxy) is 2. The first kappa shape index (κ1) is 17.6. The number of morpholine rings is 1. The normalized spacial score (nSPS) is 17.7. The summed E-state index contributed by atoms with van der Waals surface area (Å²) < 4.78 is 10.5. The molecular formula is C16H21ClN2O4. The third kappa shape index (κ3) is 5.41. The lowest BCUT2D eigenvalue weighted by Crippen LogP contribution is -2.47. The standard InChI is InChI=1S/C16H21ClN2O4/c1-2-22-15(20)7-8-18-16(21)19-9-10-23-14(11-19)12-3-5-13(17)6-4-12/h3-6,14H,2,7-11H2,1H3,(H,18,21)/t14-/m0/s1. The van der Waals surface area contributed by atoms with Gasteiger partial charge in [0.1, 0.15) is 6.10 Å². The van der Waals surface area contributed by atoms with Gasteiger partial charge in [-0.25, -0.2) is 4.79 Å². The number of amides is 2. The van der Waals surface area contributed by atoms with Crippen LogP contribution < -0.4 is 5.32 Å². The molecule has 1 N–H and O–H groups in total. The van der Waals surface area contributed by atoms with Crippen molar-refractivity contribution in [2.45, 2.75) is 19.4 Å². The molecule has 2 amide bonds. The van der Waals surface area contributed by atoms with Crippen molar-refractivity contribution in [3.63, 3.8) is 0 Å². The molecule has 1 atom stereocenters. The highest BCUT2D eigenvalue weighted by atomic mass is 35.5. The smallest absolute Gasteiger partial charge is 0.317 e. The molecule has 1 fully saturated rings. The molecule has 7 heteroatoms. The number of esters is 1. The molecule has 1 aromatic rings. The van der Waals surface area contributed by atoms with Gasteiger partial charge in [0.2, 0.25) is 0 Å². The molecule has 0 saturated carbocycles. The topological polar surface area (TPSA) is 67.9 Å². The molecule has 126 valence electrons. The number of hydrogen-bond donors (Lipinski definition) is 1. The minimum atomic E-state index is -0.311. The second-order valence-electron chi connectivity index (χ2n) is 5.14. The minimum absolute atomic E-state index is 0.170. The van der Waals surface area contributed by atoms with Crippen LogP contribution in [0.15, 0.2) is 24.3 Å². The Labute approximate surface area is 140 Å². The van der Waals surface area contributed by atoms with Gasteiger partial charge in [-0.3, -0.25) is 4.79 Å². The molecule has 0 aromatic heterocycles. The van der Waals surface area contributed by atoms with Crippen molar-refractivity contribution in [2.24, 2.45) is 0 Å². The van der Waals surface area contributed by atoms with E-state index in [0.717, 1.165) is 5.56 Å². The van der Waals surface area contributed by atoms with Crippen LogP contribution in [0.25, 0.3) is 0 Å². The first-order valence-corrected chi connectivity index (χ1v) is 8.03. The maximum absolute atomic E-state index is 12.2. The Morgan fingerprint density at radius 1 is 1.39 bits per heavy atom. The van der Waals surface area contributed by atoms with Gasteiger partial charge < -0.3 is 19.7 Å². The molecule has 0 spiro atoms. The van der Waals surface area contributed by atoms with Crippen LogP contribution in [-0.4, -0.2) is 49.7 Å². The second-order valence-corrected chi connectivity index (χ2v) is 5.58. The Kier molecular flexibility index (Phi) is 6.67. The second kappa shape index (κ2) is 8.74. The third-order valence-electron chi connectivity index (χ3n) is 3.51. The van der Waals surface area contributed by atoms with Crippen LogP contribution in [0.1, 0.15) is 25.0 Å². The van der Waals surface area contributed by atoms with Gasteiger partial charge in [0.25, 0.3) is 0 Å². The summed E-state index contributed by atoms with van der Waals surface area (Å²) in [5.41, 5.74) is 0.985. The Morgan fingerprint density at radius 2 is 2.13 bits per heavy atom. The summed E-state index contributed by atoms with van der Waals surface area (Å²) in [5, 5.41) is 3.40. The lowest BCUT2D eigenvalue weighted by Gasteiger charge is -2.33. The molecule has 1 aliphatic heterocycles. The number of carbonyl (C=O) groups is 2. The number of halogens is 1. The van der Waals surface area contributed by atoms with Crippen molar-refractivity contribution >= 4 is 23.6 Å². The molecule has 1 heterocycles. The van der Waals surface area contributed by atoms with Crippen LogP contribution in [0.3, 0.4) is 0 Å². The molecule has 2 rings (SSSR count). The van der Waals surface area contributed by atoms with Crippen LogP contribution in [0.2, 0.25) is 5.02 Å². The van der Waals surface area contributed by atoms with E-state index in [1.165, 1.54) is 0 Å². The Bertz CT molecular complexity index is 535. The van der Waals surface area contributed by atoms with Gasteiger partial charge in [-0.2, -0.15) is 0 Å². The van der Waals surface area contributed by atoms with E-state index in [2.05, 4.69) is 5.32 Å². The highest BCUT2D eigenvalue weighted by Gasteiger charge is 2.25. The van der Waals surface area contributed by atoms with Crippen LogP contribution in [0.5, 0.6) is 0 Å². The highest BCUT2D eigenvalue weighted by Crippen LogP contribution is 2.23. The lowest BCUT2D eigenvalue weighted by atomic mass is 10.1. The van der Waals surface area contributed by atoms with E-state index in [0.29, 0.717) is 31.3 Å². The summed E-state index contributed by atoms with van der Waals surface area (Å²) in [6, 6.07) is 7.21. The third-order valence-corrected chi connectivity index (χ3v) is 3.76. The number of carbonyl (C=O) groups excluding carboxylic acids is 2. The van der Waals surface area contributed by atoms with Gasteiger partial charge in [-0.05, 0) is 24.6 Å². The quantitative estimate of drug-likeness (QED) is 0.836. The summed E-state index contributed by atoms with van der Waals surface area (Å²) in [7, 11) is 0. The van der Waals surface area contributed by atoms with Crippen molar-refractivity contribution in [1.29, 1.82) is 0 Å². The van der Waals surface area contributed by atoms with Gasteiger partial charge in [-0.1, -0.05) is 23.7 Å². The number of nitrogens with one attached hydrogen (secondary N) is 1. The van der Waals surface area contributed by atoms with Gasteiger partial charge in [0, 0.05) is 18.1 Å². The maximum atomic E-state index is 12.2. The largest absolute Gasteiger partial charge is 0.466 e. The zero-order valence-electron chi connectivity index (χ0n) is 13.1. The van der Waals surface area contributed by atoms with E-state index in [4.69, 9.17) is 21.1 Å². The molecule has 0 radical (unpaired) electrons. The number of rotatable bonds is 5. The fraction of sp³-hybridized carbons (Fsp3) is 0.500. The fourth-order valence-electron chi connectivity index (χ4n) is 2.33. The average Bonchev–Trinajstić information content (AvgIpc) is 2.56. The van der Waals surface area contributed by atoms with Crippen molar-refractivity contribution in [1.82, 2.24) is 10.2 Å². The highest BCUT2D eigenvalue weighted by molar-refractivity contribution is 6.30. The minimum Gasteiger partial charge on any atom is -0.466 e. The van der Waals surface area contributed by atoms with Gasteiger partial charge in [0.15, 0.2) is 0 Å². The summed E-state index contributed by atoms with van der Waals surface area (Å²) in [6.45, 7) is 3.82. The summed E-state index contributed by atoms with van der Waals surface area (Å²) in [5.74, 6) is -0.311. The zero-order valence-corrected chi connectivity index (χ0v) is 13.8. The maximum Gasteiger partial charge on any atom is 0.317 e. The monoisotopic (exact) mass is 340 g/mol. The number of nitrogens with zero attached hydrogens (tertiary/aromatic N) is 1. The lowest BCUT2D eigenvalue weighted by molar-refractivity contribution is -0.142.